The fraction of sp³-hybridized carbons (Fsp3) is 0.353. The third-order valence-electron chi connectivity index (χ3n) is 3.80. The van der Waals surface area contributed by atoms with Gasteiger partial charge in [0.25, 0.3) is 0 Å². The van der Waals surface area contributed by atoms with E-state index in [1.165, 1.54) is 5.56 Å². The molecule has 1 aromatic heterocycles. The van der Waals surface area contributed by atoms with E-state index in [2.05, 4.69) is 23.3 Å². The smallest absolute Gasteiger partial charge is 0.126 e. The summed E-state index contributed by atoms with van der Waals surface area (Å²) in [5.41, 5.74) is 2.27. The van der Waals surface area contributed by atoms with Crippen molar-refractivity contribution in [2.24, 2.45) is 0 Å². The Balaban J connectivity index is 1.66. The molecule has 0 amide bonds. The Morgan fingerprint density at radius 3 is 3.00 bits per heavy atom. The van der Waals surface area contributed by atoms with Gasteiger partial charge in [-0.25, -0.2) is 0 Å². The van der Waals surface area contributed by atoms with Gasteiger partial charge in [0, 0.05) is 24.3 Å². The molecule has 1 aliphatic heterocycles. The lowest BCUT2D eigenvalue weighted by atomic mass is 10.0. The minimum atomic E-state index is 0.208. The number of ether oxygens (including phenoxy) is 2. The zero-order valence-corrected chi connectivity index (χ0v) is 12.4. The number of hydrogen-bond acceptors (Lipinski definition) is 4. The van der Waals surface area contributed by atoms with Crippen molar-refractivity contribution >= 4 is 0 Å². The van der Waals surface area contributed by atoms with Crippen LogP contribution in [0.4, 0.5) is 0 Å². The number of fused-ring (bicyclic) bond motifs is 1. The molecule has 2 aromatic rings. The van der Waals surface area contributed by atoms with E-state index in [1.54, 1.807) is 7.11 Å². The van der Waals surface area contributed by atoms with E-state index in [0.717, 1.165) is 23.6 Å². The third-order valence-corrected chi connectivity index (χ3v) is 3.80. The average Bonchev–Trinajstić information content (AvgIpc) is 2.55. The van der Waals surface area contributed by atoms with Gasteiger partial charge in [-0.2, -0.15) is 0 Å². The van der Waals surface area contributed by atoms with Crippen LogP contribution in [0, 0.1) is 0 Å². The highest BCUT2D eigenvalue weighted by Gasteiger charge is 2.22. The maximum atomic E-state index is 5.85. The Hall–Kier alpha value is -2.07. The van der Waals surface area contributed by atoms with Crippen molar-refractivity contribution in [1.29, 1.82) is 0 Å². The van der Waals surface area contributed by atoms with E-state index >= 15 is 0 Å². The Kier molecular flexibility index (Phi) is 4.06. The van der Waals surface area contributed by atoms with Crippen molar-refractivity contribution in [1.82, 2.24) is 10.3 Å². The fourth-order valence-corrected chi connectivity index (χ4v) is 2.66. The van der Waals surface area contributed by atoms with Crippen LogP contribution in [0.15, 0.2) is 42.6 Å². The number of benzene rings is 1. The molecule has 1 N–H and O–H groups in total. The molecule has 21 heavy (non-hydrogen) atoms. The first-order valence-corrected chi connectivity index (χ1v) is 7.23. The van der Waals surface area contributed by atoms with Crippen molar-refractivity contribution in [2.45, 2.75) is 25.4 Å². The van der Waals surface area contributed by atoms with Crippen LogP contribution in [0.3, 0.4) is 0 Å². The second kappa shape index (κ2) is 6.14. The van der Waals surface area contributed by atoms with E-state index in [-0.39, 0.29) is 6.04 Å². The number of pyridine rings is 1. The van der Waals surface area contributed by atoms with Crippen LogP contribution in [0.25, 0.3) is 0 Å². The number of hydrogen-bond donors (Lipinski definition) is 1. The Bertz CT molecular complexity index is 601. The van der Waals surface area contributed by atoms with Crippen LogP contribution in [0.1, 0.15) is 24.2 Å². The quantitative estimate of drug-likeness (QED) is 0.937. The molecule has 2 unspecified atom stereocenters. The van der Waals surface area contributed by atoms with E-state index in [0.29, 0.717) is 12.6 Å². The molecule has 0 saturated carbocycles. The summed E-state index contributed by atoms with van der Waals surface area (Å²) in [7, 11) is 1.67. The molecule has 0 fully saturated rings. The predicted octanol–water partition coefficient (Wildman–Crippen LogP) is 2.74. The Labute approximate surface area is 125 Å². The predicted molar refractivity (Wildman–Crippen MR) is 81.8 cm³/mol. The summed E-state index contributed by atoms with van der Waals surface area (Å²) >= 11 is 0. The van der Waals surface area contributed by atoms with Gasteiger partial charge in [-0.1, -0.05) is 12.1 Å². The summed E-state index contributed by atoms with van der Waals surface area (Å²) in [6.07, 6.45) is 2.78. The first-order valence-electron chi connectivity index (χ1n) is 7.23. The molecule has 3 rings (SSSR count). The molecular weight excluding hydrogens is 264 g/mol. The maximum absolute atomic E-state index is 5.85. The summed E-state index contributed by atoms with van der Waals surface area (Å²) in [6, 6.07) is 12.5. The van der Waals surface area contributed by atoms with Crippen LogP contribution in [0.5, 0.6) is 11.5 Å². The summed E-state index contributed by atoms with van der Waals surface area (Å²) in [5.74, 6) is 1.76. The Morgan fingerprint density at radius 1 is 1.33 bits per heavy atom. The summed E-state index contributed by atoms with van der Waals surface area (Å²) in [6.45, 7) is 2.79. The lowest BCUT2D eigenvalue weighted by Crippen LogP contribution is -2.40. The van der Waals surface area contributed by atoms with E-state index in [4.69, 9.17) is 9.47 Å². The minimum absolute atomic E-state index is 0.208. The molecule has 0 spiro atoms. The summed E-state index contributed by atoms with van der Waals surface area (Å²) in [5, 5.41) is 3.59. The molecule has 1 aromatic carbocycles. The molecule has 0 bridgehead atoms. The number of nitrogens with zero attached hydrogens (tertiary/aromatic N) is 1. The molecule has 0 saturated heterocycles. The SMILES string of the molecule is COc1ccc2c(c1)OCC(NC(C)c1ccccn1)C2. The molecule has 0 aliphatic carbocycles. The molecule has 0 radical (unpaired) electrons. The largest absolute Gasteiger partial charge is 0.497 e. The van der Waals surface area contributed by atoms with E-state index in [1.807, 2.05) is 36.5 Å². The van der Waals surface area contributed by atoms with Crippen LogP contribution >= 0.6 is 0 Å². The van der Waals surface area contributed by atoms with Gasteiger partial charge >= 0.3 is 0 Å². The van der Waals surface area contributed by atoms with Crippen LogP contribution < -0.4 is 14.8 Å². The molecule has 4 nitrogen and oxygen atoms in total. The number of nitrogens with one attached hydrogen (secondary N) is 1. The summed E-state index contributed by atoms with van der Waals surface area (Å²) in [4.78, 5) is 4.39. The average molecular weight is 284 g/mol. The first kappa shape index (κ1) is 13.9. The second-order valence-corrected chi connectivity index (χ2v) is 5.33. The zero-order valence-electron chi connectivity index (χ0n) is 12.4. The van der Waals surface area contributed by atoms with Gasteiger partial charge in [-0.05, 0) is 37.1 Å². The van der Waals surface area contributed by atoms with Crippen molar-refractivity contribution in [3.63, 3.8) is 0 Å². The lowest BCUT2D eigenvalue weighted by molar-refractivity contribution is 0.228. The highest BCUT2D eigenvalue weighted by molar-refractivity contribution is 5.42. The molecule has 2 atom stereocenters. The summed E-state index contributed by atoms with van der Waals surface area (Å²) < 4.78 is 11.1. The van der Waals surface area contributed by atoms with Gasteiger partial charge in [-0.15, -0.1) is 0 Å². The zero-order chi connectivity index (χ0) is 14.7. The van der Waals surface area contributed by atoms with Gasteiger partial charge in [0.15, 0.2) is 0 Å². The number of rotatable bonds is 4. The molecule has 4 heteroatoms. The van der Waals surface area contributed by atoms with Crippen LogP contribution in [-0.2, 0) is 6.42 Å². The molecule has 1 aliphatic rings. The number of aromatic nitrogens is 1. The molecule has 2 heterocycles. The molecule has 110 valence electrons. The van der Waals surface area contributed by atoms with E-state index in [9.17, 15) is 0 Å². The van der Waals surface area contributed by atoms with Crippen molar-refractivity contribution in [3.8, 4) is 11.5 Å². The van der Waals surface area contributed by atoms with Crippen molar-refractivity contribution in [2.75, 3.05) is 13.7 Å². The first-order chi connectivity index (χ1) is 10.3. The molecular formula is C17H20N2O2. The van der Waals surface area contributed by atoms with Gasteiger partial charge in [0.1, 0.15) is 18.1 Å². The topological polar surface area (TPSA) is 43.4 Å². The van der Waals surface area contributed by atoms with Gasteiger partial charge in [-0.3, -0.25) is 4.98 Å². The van der Waals surface area contributed by atoms with Gasteiger partial charge in [0.2, 0.25) is 0 Å². The number of methoxy groups -OCH3 is 1. The van der Waals surface area contributed by atoms with Crippen LogP contribution in [0.2, 0.25) is 0 Å². The van der Waals surface area contributed by atoms with Gasteiger partial charge < -0.3 is 14.8 Å². The highest BCUT2D eigenvalue weighted by atomic mass is 16.5. The fourth-order valence-electron chi connectivity index (χ4n) is 2.66. The highest BCUT2D eigenvalue weighted by Crippen LogP contribution is 2.29. The monoisotopic (exact) mass is 284 g/mol. The van der Waals surface area contributed by atoms with Crippen molar-refractivity contribution in [3.05, 3.63) is 53.9 Å². The van der Waals surface area contributed by atoms with Crippen molar-refractivity contribution < 1.29 is 9.47 Å². The third kappa shape index (κ3) is 3.16. The maximum Gasteiger partial charge on any atom is 0.126 e. The van der Waals surface area contributed by atoms with Crippen LogP contribution in [-0.4, -0.2) is 24.7 Å². The Morgan fingerprint density at radius 2 is 2.24 bits per heavy atom. The normalized spacial score (nSPS) is 18.5. The van der Waals surface area contributed by atoms with E-state index < -0.39 is 0 Å². The minimum Gasteiger partial charge on any atom is -0.497 e. The van der Waals surface area contributed by atoms with Gasteiger partial charge in [0.05, 0.1) is 12.8 Å². The lowest BCUT2D eigenvalue weighted by Gasteiger charge is -2.28. The second-order valence-electron chi connectivity index (χ2n) is 5.33. The standard InChI is InChI=1S/C17H20N2O2/c1-12(16-5-3-4-8-18-16)19-14-9-13-6-7-15(20-2)10-17(13)21-11-14/h3-8,10,12,14,19H,9,11H2,1-2H3.